The summed E-state index contributed by atoms with van der Waals surface area (Å²) in [7, 11) is 0. The highest BCUT2D eigenvalue weighted by Crippen LogP contribution is 2.32. The predicted molar refractivity (Wildman–Crippen MR) is 64.6 cm³/mol. The number of fused-ring (bicyclic) bond motifs is 1. The first-order chi connectivity index (χ1) is 7.90. The Balaban J connectivity index is 1.97. The molecule has 0 atom stereocenters. The lowest BCUT2D eigenvalue weighted by Crippen LogP contribution is -2.18. The summed E-state index contributed by atoms with van der Waals surface area (Å²) >= 11 is 2.01. The number of aromatic nitrogens is 2. The summed E-state index contributed by atoms with van der Waals surface area (Å²) in [5.74, 6) is 2.42. The van der Waals surface area contributed by atoms with E-state index < -0.39 is 0 Å². The van der Waals surface area contributed by atoms with Crippen LogP contribution in [0.4, 0.5) is 0 Å². The molecule has 3 rings (SSSR count). The molecule has 84 valence electrons. The molecule has 1 aliphatic heterocycles. The van der Waals surface area contributed by atoms with Gasteiger partial charge in [-0.1, -0.05) is 0 Å². The van der Waals surface area contributed by atoms with Gasteiger partial charge in [0.25, 0.3) is 0 Å². The van der Waals surface area contributed by atoms with Crippen LogP contribution in [0.15, 0.2) is 0 Å². The Morgan fingerprint density at radius 2 is 2.12 bits per heavy atom. The molecule has 1 aromatic rings. The van der Waals surface area contributed by atoms with E-state index in [0.717, 1.165) is 18.5 Å². The van der Waals surface area contributed by atoms with Crippen molar-refractivity contribution in [3.63, 3.8) is 0 Å². The first kappa shape index (κ1) is 10.2. The lowest BCUT2D eigenvalue weighted by Gasteiger charge is -2.22. The molecule has 2 aliphatic rings. The Labute approximate surface area is 99.8 Å². The minimum Gasteiger partial charge on any atom is -0.251 e. The van der Waals surface area contributed by atoms with Crippen molar-refractivity contribution < 1.29 is 0 Å². The van der Waals surface area contributed by atoms with Crippen molar-refractivity contribution in [2.24, 2.45) is 0 Å². The molecule has 2 heterocycles. The van der Waals surface area contributed by atoms with E-state index in [2.05, 4.69) is 11.2 Å². The number of hydrogen-bond acceptors (Lipinski definition) is 3. The van der Waals surface area contributed by atoms with Gasteiger partial charge in [-0.3, -0.25) is 4.68 Å². The topological polar surface area (TPSA) is 41.6 Å². The van der Waals surface area contributed by atoms with Gasteiger partial charge < -0.3 is 0 Å². The zero-order valence-electron chi connectivity index (χ0n) is 9.28. The maximum atomic E-state index is 9.29. The highest BCUT2D eigenvalue weighted by Gasteiger charge is 2.26. The quantitative estimate of drug-likeness (QED) is 0.747. The van der Waals surface area contributed by atoms with Gasteiger partial charge in [0.1, 0.15) is 11.8 Å². The lowest BCUT2D eigenvalue weighted by atomic mass is 10.1. The summed E-state index contributed by atoms with van der Waals surface area (Å²) in [5, 5.41) is 14.0. The SMILES string of the molecule is N#Cc1c2c(nn1C1CCSCC1)CCC2. The summed E-state index contributed by atoms with van der Waals surface area (Å²) in [6.45, 7) is 0. The average Bonchev–Trinajstić information content (AvgIpc) is 2.89. The monoisotopic (exact) mass is 233 g/mol. The molecule has 0 amide bonds. The number of nitrogens with zero attached hydrogens (tertiary/aromatic N) is 3. The van der Waals surface area contributed by atoms with Crippen molar-refractivity contribution in [3.8, 4) is 6.07 Å². The van der Waals surface area contributed by atoms with E-state index in [4.69, 9.17) is 0 Å². The lowest BCUT2D eigenvalue weighted by molar-refractivity contribution is 0.419. The van der Waals surface area contributed by atoms with Gasteiger partial charge >= 0.3 is 0 Å². The molecule has 0 saturated carbocycles. The third kappa shape index (κ3) is 1.54. The largest absolute Gasteiger partial charge is 0.251 e. The normalized spacial score (nSPS) is 20.7. The van der Waals surface area contributed by atoms with Gasteiger partial charge in [0, 0.05) is 5.56 Å². The molecule has 0 unspecified atom stereocenters. The highest BCUT2D eigenvalue weighted by atomic mass is 32.2. The molecule has 1 fully saturated rings. The zero-order chi connectivity index (χ0) is 11.0. The summed E-state index contributed by atoms with van der Waals surface area (Å²) in [6.07, 6.45) is 5.63. The number of hydrogen-bond donors (Lipinski definition) is 0. The van der Waals surface area contributed by atoms with Crippen LogP contribution in [0.3, 0.4) is 0 Å². The fraction of sp³-hybridized carbons (Fsp3) is 0.667. The van der Waals surface area contributed by atoms with Gasteiger partial charge in [-0.25, -0.2) is 0 Å². The molecule has 0 N–H and O–H groups in total. The van der Waals surface area contributed by atoms with Crippen LogP contribution < -0.4 is 0 Å². The second kappa shape index (κ2) is 4.14. The Morgan fingerprint density at radius 3 is 2.88 bits per heavy atom. The molecule has 0 bridgehead atoms. The first-order valence-corrected chi connectivity index (χ1v) is 7.13. The minimum atomic E-state index is 0.474. The van der Waals surface area contributed by atoms with Gasteiger partial charge in [0.05, 0.1) is 11.7 Å². The Hall–Kier alpha value is -0.950. The van der Waals surface area contributed by atoms with Gasteiger partial charge in [-0.05, 0) is 43.6 Å². The van der Waals surface area contributed by atoms with E-state index in [1.807, 2.05) is 16.4 Å². The predicted octanol–water partition coefficient (Wildman–Crippen LogP) is 2.31. The van der Waals surface area contributed by atoms with Crippen LogP contribution in [0.25, 0.3) is 0 Å². The molecule has 1 aliphatic carbocycles. The van der Waals surface area contributed by atoms with Crippen LogP contribution in [0.1, 0.15) is 42.3 Å². The molecule has 0 aromatic carbocycles. The third-order valence-electron chi connectivity index (χ3n) is 3.57. The van der Waals surface area contributed by atoms with E-state index in [1.54, 1.807) is 0 Å². The standard InChI is InChI=1S/C12H15N3S/c13-8-12-10-2-1-3-11(10)14-15(12)9-4-6-16-7-5-9/h9H,1-7H2. The maximum Gasteiger partial charge on any atom is 0.142 e. The average molecular weight is 233 g/mol. The second-order valence-corrected chi connectivity index (χ2v) is 5.75. The van der Waals surface area contributed by atoms with Gasteiger partial charge in [0.15, 0.2) is 0 Å². The molecule has 1 aromatic heterocycles. The van der Waals surface area contributed by atoms with Crippen LogP contribution in [0.2, 0.25) is 0 Å². The van der Waals surface area contributed by atoms with Gasteiger partial charge in [-0.2, -0.15) is 22.1 Å². The van der Waals surface area contributed by atoms with E-state index in [1.165, 1.54) is 42.0 Å². The highest BCUT2D eigenvalue weighted by molar-refractivity contribution is 7.99. The summed E-state index contributed by atoms with van der Waals surface area (Å²) < 4.78 is 2.03. The van der Waals surface area contributed by atoms with Gasteiger partial charge in [0.2, 0.25) is 0 Å². The number of nitriles is 1. The van der Waals surface area contributed by atoms with Crippen molar-refractivity contribution in [2.75, 3.05) is 11.5 Å². The Kier molecular flexibility index (Phi) is 2.64. The van der Waals surface area contributed by atoms with Crippen LogP contribution >= 0.6 is 11.8 Å². The van der Waals surface area contributed by atoms with Crippen molar-refractivity contribution >= 4 is 11.8 Å². The van der Waals surface area contributed by atoms with Crippen LogP contribution in [-0.4, -0.2) is 21.3 Å². The zero-order valence-corrected chi connectivity index (χ0v) is 10.1. The number of rotatable bonds is 1. The number of aryl methyl sites for hydroxylation is 1. The van der Waals surface area contributed by atoms with E-state index in [-0.39, 0.29) is 0 Å². The maximum absolute atomic E-state index is 9.29. The fourth-order valence-electron chi connectivity index (χ4n) is 2.72. The number of thioether (sulfide) groups is 1. The molecule has 0 spiro atoms. The third-order valence-corrected chi connectivity index (χ3v) is 4.62. The Bertz CT molecular complexity index is 438. The molecule has 16 heavy (non-hydrogen) atoms. The van der Waals surface area contributed by atoms with Crippen LogP contribution in [0.5, 0.6) is 0 Å². The summed E-state index contributed by atoms with van der Waals surface area (Å²) in [5.41, 5.74) is 3.28. The second-order valence-electron chi connectivity index (χ2n) is 4.53. The molecule has 3 nitrogen and oxygen atoms in total. The van der Waals surface area contributed by atoms with Crippen molar-refractivity contribution in [2.45, 2.75) is 38.1 Å². The van der Waals surface area contributed by atoms with E-state index >= 15 is 0 Å². The van der Waals surface area contributed by atoms with Crippen molar-refractivity contribution in [3.05, 3.63) is 17.0 Å². The molecular weight excluding hydrogens is 218 g/mol. The fourth-order valence-corrected chi connectivity index (χ4v) is 3.81. The van der Waals surface area contributed by atoms with Crippen LogP contribution in [-0.2, 0) is 12.8 Å². The molecular formula is C12H15N3S. The molecule has 1 saturated heterocycles. The molecule has 0 radical (unpaired) electrons. The first-order valence-electron chi connectivity index (χ1n) is 5.98. The van der Waals surface area contributed by atoms with Crippen molar-refractivity contribution in [1.82, 2.24) is 9.78 Å². The smallest absolute Gasteiger partial charge is 0.142 e. The Morgan fingerprint density at radius 1 is 1.31 bits per heavy atom. The van der Waals surface area contributed by atoms with E-state index in [9.17, 15) is 5.26 Å². The van der Waals surface area contributed by atoms with Crippen LogP contribution in [0, 0.1) is 11.3 Å². The van der Waals surface area contributed by atoms with E-state index in [0.29, 0.717) is 6.04 Å². The summed E-state index contributed by atoms with van der Waals surface area (Å²) in [4.78, 5) is 0. The van der Waals surface area contributed by atoms with Crippen molar-refractivity contribution in [1.29, 1.82) is 5.26 Å². The minimum absolute atomic E-state index is 0.474. The van der Waals surface area contributed by atoms with Gasteiger partial charge in [-0.15, -0.1) is 0 Å². The summed E-state index contributed by atoms with van der Waals surface area (Å²) in [6, 6.07) is 2.84. The molecule has 4 heteroatoms.